The second-order valence-electron chi connectivity index (χ2n) is 6.57. The fraction of sp³-hybridized carbons (Fsp3) is 0.706. The highest BCUT2D eigenvalue weighted by molar-refractivity contribution is 7.11. The summed E-state index contributed by atoms with van der Waals surface area (Å²) in [5.41, 5.74) is 0. The van der Waals surface area contributed by atoms with Crippen LogP contribution in [0.1, 0.15) is 37.4 Å². The number of carbonyl (C=O) groups is 1. The summed E-state index contributed by atoms with van der Waals surface area (Å²) in [7, 11) is 0. The van der Waals surface area contributed by atoms with E-state index < -0.39 is 0 Å². The summed E-state index contributed by atoms with van der Waals surface area (Å²) in [6.45, 7) is 13.2. The monoisotopic (exact) mass is 324 g/mol. The van der Waals surface area contributed by atoms with Crippen LogP contribution in [0.3, 0.4) is 0 Å². The van der Waals surface area contributed by atoms with Gasteiger partial charge >= 0.3 is 0 Å². The first-order valence-electron chi connectivity index (χ1n) is 8.07. The van der Waals surface area contributed by atoms with Crippen molar-refractivity contribution < 1.29 is 9.53 Å². The molecule has 2 rings (SSSR count). The maximum Gasteiger partial charge on any atom is 0.236 e. The Kier molecular flexibility index (Phi) is 6.01. The van der Waals surface area contributed by atoms with Gasteiger partial charge in [-0.2, -0.15) is 0 Å². The van der Waals surface area contributed by atoms with Crippen molar-refractivity contribution in [2.75, 3.05) is 19.6 Å². The topological polar surface area (TPSA) is 32.8 Å². The van der Waals surface area contributed by atoms with Crippen LogP contribution in [0.2, 0.25) is 0 Å². The summed E-state index contributed by atoms with van der Waals surface area (Å²) < 4.78 is 5.71. The standard InChI is InChI=1S/C17H28N2O2S/c1-12(2)18(10-16-7-6-15(5)22-16)11-17(20)19-8-13(3)21-14(4)9-19/h6-7,12-14H,8-11H2,1-5H3. The molecule has 1 amide bonds. The fourth-order valence-electron chi connectivity index (χ4n) is 2.85. The van der Waals surface area contributed by atoms with Gasteiger partial charge in [0.05, 0.1) is 18.8 Å². The van der Waals surface area contributed by atoms with Crippen molar-refractivity contribution >= 4 is 17.2 Å². The number of amides is 1. The lowest BCUT2D eigenvalue weighted by molar-refractivity contribution is -0.144. The van der Waals surface area contributed by atoms with Crippen LogP contribution in [0.15, 0.2) is 12.1 Å². The van der Waals surface area contributed by atoms with E-state index in [1.807, 2.05) is 30.1 Å². The Bertz CT molecular complexity index is 491. The summed E-state index contributed by atoms with van der Waals surface area (Å²) in [6.07, 6.45) is 0.250. The summed E-state index contributed by atoms with van der Waals surface area (Å²) in [5, 5.41) is 0. The van der Waals surface area contributed by atoms with Crippen LogP contribution in [0.4, 0.5) is 0 Å². The average Bonchev–Trinajstić information content (AvgIpc) is 2.82. The van der Waals surface area contributed by atoms with E-state index in [0.717, 1.165) is 6.54 Å². The van der Waals surface area contributed by atoms with E-state index in [0.29, 0.717) is 25.7 Å². The van der Waals surface area contributed by atoms with Crippen molar-refractivity contribution in [3.8, 4) is 0 Å². The van der Waals surface area contributed by atoms with Crippen LogP contribution < -0.4 is 0 Å². The molecular weight excluding hydrogens is 296 g/mol. The van der Waals surface area contributed by atoms with Gasteiger partial charge in [-0.3, -0.25) is 9.69 Å². The molecule has 0 N–H and O–H groups in total. The molecule has 1 aliphatic rings. The normalized spacial score (nSPS) is 22.6. The molecule has 2 heterocycles. The minimum absolute atomic E-state index is 0.125. The van der Waals surface area contributed by atoms with Crippen molar-refractivity contribution in [1.29, 1.82) is 0 Å². The molecule has 2 atom stereocenters. The second kappa shape index (κ2) is 7.57. The van der Waals surface area contributed by atoms with Crippen molar-refractivity contribution in [3.63, 3.8) is 0 Å². The average molecular weight is 324 g/mol. The van der Waals surface area contributed by atoms with Gasteiger partial charge in [0, 0.05) is 35.4 Å². The van der Waals surface area contributed by atoms with Gasteiger partial charge in [-0.1, -0.05) is 0 Å². The SMILES string of the molecule is Cc1ccc(CN(CC(=O)N2CC(C)OC(C)C2)C(C)C)s1. The molecule has 1 aliphatic heterocycles. The highest BCUT2D eigenvalue weighted by atomic mass is 32.1. The smallest absolute Gasteiger partial charge is 0.236 e. The number of rotatable bonds is 5. The molecule has 0 radical (unpaired) electrons. The maximum atomic E-state index is 12.6. The van der Waals surface area contributed by atoms with Crippen LogP contribution in [0.25, 0.3) is 0 Å². The number of carbonyl (C=O) groups excluding carboxylic acids is 1. The molecule has 1 saturated heterocycles. The Hall–Kier alpha value is -0.910. The van der Waals surface area contributed by atoms with Crippen LogP contribution in [-0.4, -0.2) is 53.6 Å². The van der Waals surface area contributed by atoms with Gasteiger partial charge in [-0.05, 0) is 46.8 Å². The van der Waals surface area contributed by atoms with Gasteiger partial charge in [0.1, 0.15) is 0 Å². The van der Waals surface area contributed by atoms with Crippen molar-refractivity contribution in [2.45, 2.75) is 59.4 Å². The lowest BCUT2D eigenvalue weighted by Gasteiger charge is -2.37. The molecule has 0 aliphatic carbocycles. The van der Waals surface area contributed by atoms with E-state index in [9.17, 15) is 4.79 Å². The summed E-state index contributed by atoms with van der Waals surface area (Å²) in [4.78, 5) is 19.5. The highest BCUT2D eigenvalue weighted by Crippen LogP contribution is 2.19. The quantitative estimate of drug-likeness (QED) is 0.835. The zero-order chi connectivity index (χ0) is 16.3. The van der Waals surface area contributed by atoms with Gasteiger partial charge in [-0.25, -0.2) is 0 Å². The Morgan fingerprint density at radius 3 is 2.50 bits per heavy atom. The first-order chi connectivity index (χ1) is 10.3. The molecule has 0 saturated carbocycles. The molecule has 0 aromatic carbocycles. The summed E-state index contributed by atoms with van der Waals surface area (Å²) in [6, 6.07) is 4.66. The molecule has 1 fully saturated rings. The predicted octanol–water partition coefficient (Wildman–Crippen LogP) is 2.90. The summed E-state index contributed by atoms with van der Waals surface area (Å²) in [5.74, 6) is 0.212. The minimum Gasteiger partial charge on any atom is -0.372 e. The second-order valence-corrected chi connectivity index (χ2v) is 7.94. The predicted molar refractivity (Wildman–Crippen MR) is 91.2 cm³/mol. The van der Waals surface area contributed by atoms with Crippen LogP contribution >= 0.6 is 11.3 Å². The van der Waals surface area contributed by atoms with E-state index in [1.165, 1.54) is 9.75 Å². The minimum atomic E-state index is 0.125. The third kappa shape index (κ3) is 4.80. The third-order valence-corrected chi connectivity index (χ3v) is 4.98. The van der Waals surface area contributed by atoms with Gasteiger partial charge in [-0.15, -0.1) is 11.3 Å². The molecule has 0 bridgehead atoms. The van der Waals surface area contributed by atoms with Crippen molar-refractivity contribution in [2.24, 2.45) is 0 Å². The van der Waals surface area contributed by atoms with Gasteiger partial charge in [0.2, 0.25) is 5.91 Å². The maximum absolute atomic E-state index is 12.6. The Morgan fingerprint density at radius 2 is 2.00 bits per heavy atom. The van der Waals surface area contributed by atoms with Crippen molar-refractivity contribution in [3.05, 3.63) is 21.9 Å². The molecule has 4 nitrogen and oxygen atoms in total. The number of thiophene rings is 1. The first-order valence-corrected chi connectivity index (χ1v) is 8.89. The van der Waals surface area contributed by atoms with Crippen molar-refractivity contribution in [1.82, 2.24) is 9.80 Å². The molecule has 1 aromatic rings. The van der Waals surface area contributed by atoms with Gasteiger partial charge in [0.25, 0.3) is 0 Å². The molecule has 5 heteroatoms. The zero-order valence-electron chi connectivity index (χ0n) is 14.3. The van der Waals surface area contributed by atoms with Crippen LogP contribution in [-0.2, 0) is 16.1 Å². The van der Waals surface area contributed by atoms with Gasteiger partial charge < -0.3 is 9.64 Å². The number of nitrogens with zero attached hydrogens (tertiary/aromatic N) is 2. The third-order valence-electron chi connectivity index (χ3n) is 4.00. The molecule has 22 heavy (non-hydrogen) atoms. The van der Waals surface area contributed by atoms with Gasteiger partial charge in [0.15, 0.2) is 0 Å². The highest BCUT2D eigenvalue weighted by Gasteiger charge is 2.27. The van der Waals surface area contributed by atoms with E-state index in [-0.39, 0.29) is 18.1 Å². The number of ether oxygens (including phenoxy) is 1. The Labute approximate surface area is 138 Å². The number of aryl methyl sites for hydroxylation is 1. The molecular formula is C17H28N2O2S. The fourth-order valence-corrected chi connectivity index (χ4v) is 3.76. The Morgan fingerprint density at radius 1 is 1.36 bits per heavy atom. The first kappa shape index (κ1) is 17.4. The lowest BCUT2D eigenvalue weighted by atomic mass is 10.2. The Balaban J connectivity index is 1.96. The summed E-state index contributed by atoms with van der Waals surface area (Å²) >= 11 is 1.81. The zero-order valence-corrected chi connectivity index (χ0v) is 15.2. The largest absolute Gasteiger partial charge is 0.372 e. The van der Waals surface area contributed by atoms with E-state index in [4.69, 9.17) is 4.74 Å². The van der Waals surface area contributed by atoms with E-state index in [2.05, 4.69) is 37.8 Å². The molecule has 124 valence electrons. The van der Waals surface area contributed by atoms with E-state index >= 15 is 0 Å². The number of morpholine rings is 1. The molecule has 1 aromatic heterocycles. The molecule has 0 spiro atoms. The van der Waals surface area contributed by atoms with E-state index in [1.54, 1.807) is 0 Å². The number of hydrogen-bond donors (Lipinski definition) is 0. The number of hydrogen-bond acceptors (Lipinski definition) is 4. The van der Waals surface area contributed by atoms with Crippen LogP contribution in [0, 0.1) is 6.92 Å². The molecule has 2 unspecified atom stereocenters. The lowest BCUT2D eigenvalue weighted by Crippen LogP contribution is -2.51. The van der Waals surface area contributed by atoms with Crippen LogP contribution in [0.5, 0.6) is 0 Å².